The van der Waals surface area contributed by atoms with E-state index in [-0.39, 0.29) is 10.9 Å². The number of unbranched alkanes of at least 4 members (excludes halogenated alkanes) is 1. The van der Waals surface area contributed by atoms with Crippen LogP contribution < -0.4 is 0 Å². The van der Waals surface area contributed by atoms with E-state index in [1.807, 2.05) is 0 Å². The van der Waals surface area contributed by atoms with E-state index in [9.17, 15) is 0 Å². The lowest BCUT2D eigenvalue weighted by molar-refractivity contribution is 0.443. The van der Waals surface area contributed by atoms with E-state index in [0.29, 0.717) is 0 Å². The summed E-state index contributed by atoms with van der Waals surface area (Å²) in [7, 11) is -0.0278. The van der Waals surface area contributed by atoms with Gasteiger partial charge in [-0.15, -0.1) is 0 Å². The molecule has 1 fully saturated rings. The predicted octanol–water partition coefficient (Wildman–Crippen LogP) is 8.64. The van der Waals surface area contributed by atoms with Crippen molar-refractivity contribution in [1.29, 1.82) is 0 Å². The van der Waals surface area contributed by atoms with Crippen molar-refractivity contribution in [1.82, 2.24) is 0 Å². The lowest BCUT2D eigenvalue weighted by atomic mass is 9.84. The molecule has 0 N–H and O–H groups in total. The van der Waals surface area contributed by atoms with Gasteiger partial charge in [0, 0.05) is 0 Å². The van der Waals surface area contributed by atoms with Crippen LogP contribution in [-0.2, 0) is 10.9 Å². The summed E-state index contributed by atoms with van der Waals surface area (Å²) in [6, 6.07) is 31.3. The minimum Gasteiger partial charge on any atom is -0.0654 e. The maximum atomic E-state index is 2.39. The lowest BCUT2D eigenvalue weighted by Crippen LogP contribution is -2.07. The fourth-order valence-electron chi connectivity index (χ4n) is 3.83. The Morgan fingerprint density at radius 2 is 1.03 bits per heavy atom. The Morgan fingerprint density at radius 1 is 0.586 bits per heavy atom. The molecular formula is C28H35S+. The molecule has 0 radical (unpaired) electrons. The Bertz CT molecular complexity index is 760. The van der Waals surface area contributed by atoms with E-state index >= 15 is 0 Å². The van der Waals surface area contributed by atoms with Crippen molar-refractivity contribution in [3.05, 3.63) is 90.5 Å². The van der Waals surface area contributed by atoms with Crippen molar-refractivity contribution in [2.45, 2.75) is 79.4 Å². The molecule has 0 aliphatic heterocycles. The minimum atomic E-state index is -0.0278. The quantitative estimate of drug-likeness (QED) is 0.374. The zero-order valence-electron chi connectivity index (χ0n) is 18.0. The summed E-state index contributed by atoms with van der Waals surface area (Å²) >= 11 is 0. The Labute approximate surface area is 180 Å². The summed E-state index contributed by atoms with van der Waals surface area (Å²) < 4.78 is 0. The molecule has 0 aromatic heterocycles. The van der Waals surface area contributed by atoms with Crippen LogP contribution >= 0.6 is 0 Å². The molecule has 0 heterocycles. The zero-order valence-corrected chi connectivity index (χ0v) is 18.8. The molecule has 0 nitrogen and oxygen atoms in total. The summed E-state index contributed by atoms with van der Waals surface area (Å²) in [4.78, 5) is 4.19. The predicted molar refractivity (Wildman–Crippen MR) is 128 cm³/mol. The summed E-state index contributed by atoms with van der Waals surface area (Å²) in [5.74, 6) is 0.776. The van der Waals surface area contributed by atoms with Gasteiger partial charge in [-0.05, 0) is 60.7 Å². The normalized spacial score (nSPS) is 14.3. The van der Waals surface area contributed by atoms with Crippen LogP contribution in [0.2, 0.25) is 0 Å². The smallest absolute Gasteiger partial charge is 0.0654 e. The first-order valence-corrected chi connectivity index (χ1v) is 12.5. The highest BCUT2D eigenvalue weighted by Crippen LogP contribution is 2.35. The van der Waals surface area contributed by atoms with Gasteiger partial charge in [0.05, 0.1) is 10.9 Å². The highest BCUT2D eigenvalue weighted by atomic mass is 32.2. The van der Waals surface area contributed by atoms with Gasteiger partial charge in [-0.3, -0.25) is 0 Å². The third kappa shape index (κ3) is 6.24. The van der Waals surface area contributed by atoms with Crippen molar-refractivity contribution in [3.8, 4) is 0 Å². The van der Waals surface area contributed by atoms with Gasteiger partial charge in [-0.2, -0.15) is 0 Å². The monoisotopic (exact) mass is 403 g/mol. The first-order chi connectivity index (χ1) is 14.3. The maximum Gasteiger partial charge on any atom is 0.166 e. The molecule has 0 amide bonds. The molecule has 0 atom stereocenters. The summed E-state index contributed by atoms with van der Waals surface area (Å²) in [6.45, 7) is 4.36. The van der Waals surface area contributed by atoms with E-state index in [4.69, 9.17) is 0 Å². The van der Waals surface area contributed by atoms with E-state index in [1.54, 1.807) is 0 Å². The molecule has 0 spiro atoms. The van der Waals surface area contributed by atoms with Gasteiger partial charge in [0.1, 0.15) is 0 Å². The van der Waals surface area contributed by atoms with Gasteiger partial charge in [-0.1, -0.05) is 94.5 Å². The van der Waals surface area contributed by atoms with Gasteiger partial charge < -0.3 is 0 Å². The van der Waals surface area contributed by atoms with Gasteiger partial charge >= 0.3 is 0 Å². The first-order valence-electron chi connectivity index (χ1n) is 11.3. The topological polar surface area (TPSA) is 0 Å². The fraction of sp³-hybridized carbons (Fsp3) is 0.357. The average molecular weight is 404 g/mol. The Balaban J connectivity index is 0.000000552. The molecule has 1 aliphatic carbocycles. The van der Waals surface area contributed by atoms with Crippen LogP contribution in [0, 0.1) is 0 Å². The van der Waals surface area contributed by atoms with Gasteiger partial charge in [-0.25, -0.2) is 0 Å². The minimum absolute atomic E-state index is 0.0278. The van der Waals surface area contributed by atoms with E-state index in [0.717, 1.165) is 5.92 Å². The van der Waals surface area contributed by atoms with Crippen molar-refractivity contribution in [2.75, 3.05) is 0 Å². The van der Waals surface area contributed by atoms with Crippen molar-refractivity contribution in [2.24, 2.45) is 0 Å². The van der Waals surface area contributed by atoms with E-state index < -0.39 is 0 Å². The molecule has 3 aromatic rings. The molecule has 0 bridgehead atoms. The van der Waals surface area contributed by atoms with Gasteiger partial charge in [0.2, 0.25) is 0 Å². The Morgan fingerprint density at radius 3 is 1.48 bits per heavy atom. The second kappa shape index (κ2) is 11.9. The second-order valence-corrected chi connectivity index (χ2v) is 9.86. The molecule has 1 aliphatic rings. The standard InChI is InChI=1S/C24H25S.C4H10/c1-4-10-20(11-5-1)21-16-18-24(19-17-21)25(22-12-6-2-7-13-22)23-14-8-3-9-15-23;1-3-4-2/h2-3,6-9,12-20H,1,4-5,10-11H2;3-4H2,1-2H3/q+1;. The molecule has 1 saturated carbocycles. The third-order valence-corrected chi connectivity index (χ3v) is 7.88. The van der Waals surface area contributed by atoms with Crippen LogP contribution in [0.25, 0.3) is 0 Å². The van der Waals surface area contributed by atoms with Gasteiger partial charge in [0.15, 0.2) is 14.7 Å². The molecule has 1 heteroatoms. The average Bonchev–Trinajstić information content (AvgIpc) is 2.82. The van der Waals surface area contributed by atoms with Gasteiger partial charge in [0.25, 0.3) is 0 Å². The van der Waals surface area contributed by atoms with E-state index in [2.05, 4.69) is 98.8 Å². The van der Waals surface area contributed by atoms with Crippen molar-refractivity contribution >= 4 is 10.9 Å². The Hall–Kier alpha value is -1.99. The molecule has 3 aromatic carbocycles. The van der Waals surface area contributed by atoms with Crippen LogP contribution in [0.5, 0.6) is 0 Å². The highest BCUT2D eigenvalue weighted by molar-refractivity contribution is 7.97. The second-order valence-electron chi connectivity index (χ2n) is 7.84. The SMILES string of the molecule is CCCC.c1ccc([S+](c2ccccc2)c2ccc(C3CCCCC3)cc2)cc1. The number of hydrogen-bond acceptors (Lipinski definition) is 0. The van der Waals surface area contributed by atoms with Crippen LogP contribution in [0.15, 0.2) is 99.6 Å². The third-order valence-electron chi connectivity index (χ3n) is 5.65. The molecular weight excluding hydrogens is 368 g/mol. The maximum absolute atomic E-state index is 2.39. The van der Waals surface area contributed by atoms with Crippen molar-refractivity contribution in [3.63, 3.8) is 0 Å². The molecule has 152 valence electrons. The number of rotatable bonds is 5. The molecule has 0 saturated heterocycles. The highest BCUT2D eigenvalue weighted by Gasteiger charge is 2.28. The lowest BCUT2D eigenvalue weighted by Gasteiger charge is -2.22. The molecule has 0 unspecified atom stereocenters. The largest absolute Gasteiger partial charge is 0.166 e. The van der Waals surface area contributed by atoms with Crippen LogP contribution in [-0.4, -0.2) is 0 Å². The van der Waals surface area contributed by atoms with Crippen LogP contribution in [0.3, 0.4) is 0 Å². The zero-order chi connectivity index (χ0) is 20.3. The summed E-state index contributed by atoms with van der Waals surface area (Å²) in [6.07, 6.45) is 9.57. The van der Waals surface area contributed by atoms with Crippen LogP contribution in [0.1, 0.15) is 70.3 Å². The van der Waals surface area contributed by atoms with E-state index in [1.165, 1.54) is 65.2 Å². The fourth-order valence-corrected chi connectivity index (χ4v) is 5.92. The van der Waals surface area contributed by atoms with Crippen LogP contribution in [0.4, 0.5) is 0 Å². The molecule has 29 heavy (non-hydrogen) atoms. The number of hydrogen-bond donors (Lipinski definition) is 0. The Kier molecular flexibility index (Phi) is 8.89. The van der Waals surface area contributed by atoms with Crippen molar-refractivity contribution < 1.29 is 0 Å². The summed E-state index contributed by atoms with van der Waals surface area (Å²) in [5.41, 5.74) is 1.54. The first kappa shape index (κ1) is 21.7. The molecule has 4 rings (SSSR count). The summed E-state index contributed by atoms with van der Waals surface area (Å²) in [5, 5.41) is 0. The number of benzene rings is 3.